The molecule has 0 aliphatic heterocycles. The molecule has 0 heterocycles. The second-order valence-corrected chi connectivity index (χ2v) is 6.28. The number of aromatic hydroxyl groups is 1. The molecule has 1 aromatic carbocycles. The van der Waals surface area contributed by atoms with Gasteiger partial charge in [-0.15, -0.1) is 0 Å². The van der Waals surface area contributed by atoms with Crippen LogP contribution >= 0.6 is 15.9 Å². The molecule has 1 saturated carbocycles. The molecular weight excluding hydrogens is 334 g/mol. The quantitative estimate of drug-likeness (QED) is 0.795. The number of para-hydroxylation sites is 1. The van der Waals surface area contributed by atoms with E-state index in [1.165, 1.54) is 0 Å². The Morgan fingerprint density at radius 3 is 2.76 bits per heavy atom. The summed E-state index contributed by atoms with van der Waals surface area (Å²) in [6.07, 6.45) is 3.69. The van der Waals surface area contributed by atoms with Crippen molar-refractivity contribution in [3.05, 3.63) is 28.2 Å². The monoisotopic (exact) mass is 355 g/mol. The molecule has 0 aromatic heterocycles. The van der Waals surface area contributed by atoms with E-state index >= 15 is 0 Å². The van der Waals surface area contributed by atoms with Crippen LogP contribution in [0.15, 0.2) is 22.7 Å². The Morgan fingerprint density at radius 1 is 1.38 bits per heavy atom. The number of phenolic OH excluding ortho intramolecular Hbond substituents is 1. The highest BCUT2D eigenvalue weighted by Gasteiger charge is 2.26. The Hall–Kier alpha value is -1.07. The molecule has 2 N–H and O–H groups in total. The maximum atomic E-state index is 11.7. The first-order valence-electron chi connectivity index (χ1n) is 7.48. The van der Waals surface area contributed by atoms with Gasteiger partial charge in [0.25, 0.3) is 0 Å². The molecule has 21 heavy (non-hydrogen) atoms. The van der Waals surface area contributed by atoms with Crippen LogP contribution in [0.2, 0.25) is 0 Å². The first-order chi connectivity index (χ1) is 10.1. The Balaban J connectivity index is 1.79. The highest BCUT2D eigenvalue weighted by molar-refractivity contribution is 9.10. The first kappa shape index (κ1) is 16.3. The molecule has 0 unspecified atom stereocenters. The minimum Gasteiger partial charge on any atom is -0.506 e. The number of hydrogen-bond acceptors (Lipinski definition) is 4. The molecular formula is C16H22BrNO3. The third-order valence-electron chi connectivity index (χ3n) is 4.00. The van der Waals surface area contributed by atoms with Gasteiger partial charge in [-0.3, -0.25) is 4.79 Å². The molecule has 0 amide bonds. The van der Waals surface area contributed by atoms with Crippen LogP contribution in [0.25, 0.3) is 0 Å². The molecule has 116 valence electrons. The Morgan fingerprint density at radius 2 is 2.10 bits per heavy atom. The van der Waals surface area contributed by atoms with E-state index in [9.17, 15) is 9.90 Å². The van der Waals surface area contributed by atoms with Crippen LogP contribution in [0.1, 0.15) is 38.2 Å². The second kappa shape index (κ2) is 7.80. The fraction of sp³-hybridized carbons (Fsp3) is 0.562. The fourth-order valence-electron chi connectivity index (χ4n) is 2.75. The van der Waals surface area contributed by atoms with Gasteiger partial charge in [0.2, 0.25) is 0 Å². The van der Waals surface area contributed by atoms with Crippen LogP contribution in [0, 0.1) is 5.92 Å². The number of phenols is 1. The SMILES string of the molecule is CCOC(=O)C1CCC(NCc2cccc(Br)c2O)CC1. The van der Waals surface area contributed by atoms with Gasteiger partial charge in [0.1, 0.15) is 5.75 Å². The van der Waals surface area contributed by atoms with E-state index < -0.39 is 0 Å². The van der Waals surface area contributed by atoms with Gasteiger partial charge in [-0.25, -0.2) is 0 Å². The normalized spacial score (nSPS) is 22.0. The smallest absolute Gasteiger partial charge is 0.308 e. The third-order valence-corrected chi connectivity index (χ3v) is 4.64. The van der Waals surface area contributed by atoms with Gasteiger partial charge >= 0.3 is 5.97 Å². The minimum absolute atomic E-state index is 0.0550. The number of benzene rings is 1. The number of halogens is 1. The molecule has 0 spiro atoms. The summed E-state index contributed by atoms with van der Waals surface area (Å²) in [7, 11) is 0. The highest BCUT2D eigenvalue weighted by atomic mass is 79.9. The number of esters is 1. The standard InChI is InChI=1S/C16H22BrNO3/c1-2-21-16(20)11-6-8-13(9-7-11)18-10-12-4-3-5-14(17)15(12)19/h3-5,11,13,18-19H,2,6-10H2,1H3. The van der Waals surface area contributed by atoms with E-state index in [4.69, 9.17) is 4.74 Å². The summed E-state index contributed by atoms with van der Waals surface area (Å²) in [5, 5.41) is 13.4. The average Bonchev–Trinajstić information content (AvgIpc) is 2.49. The summed E-state index contributed by atoms with van der Waals surface area (Å²) in [5.41, 5.74) is 0.886. The van der Waals surface area contributed by atoms with Crippen molar-refractivity contribution in [3.8, 4) is 5.75 Å². The Labute approximate surface area is 134 Å². The largest absolute Gasteiger partial charge is 0.506 e. The van der Waals surface area contributed by atoms with Gasteiger partial charge < -0.3 is 15.2 Å². The fourth-order valence-corrected chi connectivity index (χ4v) is 3.16. The highest BCUT2D eigenvalue weighted by Crippen LogP contribution is 2.29. The van der Waals surface area contributed by atoms with Crippen molar-refractivity contribution in [2.45, 2.75) is 45.2 Å². The number of nitrogens with one attached hydrogen (secondary N) is 1. The first-order valence-corrected chi connectivity index (χ1v) is 8.27. The van der Waals surface area contributed by atoms with Crippen LogP contribution in [-0.4, -0.2) is 23.7 Å². The Kier molecular flexibility index (Phi) is 6.06. The number of carbonyl (C=O) groups is 1. The molecule has 5 heteroatoms. The van der Waals surface area contributed by atoms with Gasteiger partial charge in [0.15, 0.2) is 0 Å². The third kappa shape index (κ3) is 4.45. The lowest BCUT2D eigenvalue weighted by Crippen LogP contribution is -2.35. The lowest BCUT2D eigenvalue weighted by molar-refractivity contribution is -0.149. The van der Waals surface area contributed by atoms with Gasteiger partial charge in [-0.05, 0) is 54.6 Å². The zero-order valence-electron chi connectivity index (χ0n) is 12.3. The predicted octanol–water partition coefficient (Wildman–Crippen LogP) is 3.37. The summed E-state index contributed by atoms with van der Waals surface area (Å²) in [6, 6.07) is 6.05. The molecule has 0 radical (unpaired) electrons. The summed E-state index contributed by atoms with van der Waals surface area (Å²) >= 11 is 3.32. The zero-order chi connectivity index (χ0) is 15.2. The maximum Gasteiger partial charge on any atom is 0.308 e. The minimum atomic E-state index is -0.0550. The lowest BCUT2D eigenvalue weighted by Gasteiger charge is -2.28. The molecule has 0 saturated heterocycles. The van der Waals surface area contributed by atoms with Crippen molar-refractivity contribution in [2.75, 3.05) is 6.61 Å². The van der Waals surface area contributed by atoms with Crippen molar-refractivity contribution < 1.29 is 14.6 Å². The van der Waals surface area contributed by atoms with Crippen LogP contribution < -0.4 is 5.32 Å². The van der Waals surface area contributed by atoms with Gasteiger partial charge in [0.05, 0.1) is 17.0 Å². The number of carbonyl (C=O) groups excluding carboxylic acids is 1. The van der Waals surface area contributed by atoms with Gasteiger partial charge in [0, 0.05) is 18.2 Å². The molecule has 1 aromatic rings. The van der Waals surface area contributed by atoms with Crippen molar-refractivity contribution in [2.24, 2.45) is 5.92 Å². The van der Waals surface area contributed by atoms with E-state index in [1.807, 2.05) is 25.1 Å². The van der Waals surface area contributed by atoms with Crippen molar-refractivity contribution in [3.63, 3.8) is 0 Å². The lowest BCUT2D eigenvalue weighted by atomic mass is 9.86. The summed E-state index contributed by atoms with van der Waals surface area (Å²) in [5.74, 6) is 0.299. The van der Waals surface area contributed by atoms with Crippen LogP contribution in [0.3, 0.4) is 0 Å². The van der Waals surface area contributed by atoms with Gasteiger partial charge in [-0.2, -0.15) is 0 Å². The predicted molar refractivity (Wildman–Crippen MR) is 85.0 cm³/mol. The van der Waals surface area contributed by atoms with Crippen LogP contribution in [0.5, 0.6) is 5.75 Å². The summed E-state index contributed by atoms with van der Waals surface area (Å²) in [4.78, 5) is 11.7. The maximum absolute atomic E-state index is 11.7. The Bertz CT molecular complexity index is 484. The molecule has 1 aliphatic carbocycles. The number of ether oxygens (including phenoxy) is 1. The molecule has 4 nitrogen and oxygen atoms in total. The van der Waals surface area contributed by atoms with Crippen molar-refractivity contribution in [1.82, 2.24) is 5.32 Å². The van der Waals surface area contributed by atoms with E-state index in [0.29, 0.717) is 29.4 Å². The van der Waals surface area contributed by atoms with Crippen molar-refractivity contribution >= 4 is 21.9 Å². The molecule has 1 aliphatic rings. The summed E-state index contributed by atoms with van der Waals surface area (Å²) < 4.78 is 5.79. The van der Waals surface area contributed by atoms with Crippen LogP contribution in [-0.2, 0) is 16.1 Å². The molecule has 1 fully saturated rings. The zero-order valence-corrected chi connectivity index (χ0v) is 13.9. The molecule has 0 atom stereocenters. The molecule has 2 rings (SSSR count). The number of hydrogen-bond donors (Lipinski definition) is 2. The van der Waals surface area contributed by atoms with Crippen LogP contribution in [0.4, 0.5) is 0 Å². The topological polar surface area (TPSA) is 58.6 Å². The average molecular weight is 356 g/mol. The molecule has 0 bridgehead atoms. The van der Waals surface area contributed by atoms with E-state index in [2.05, 4.69) is 21.2 Å². The van der Waals surface area contributed by atoms with E-state index in [-0.39, 0.29) is 11.9 Å². The van der Waals surface area contributed by atoms with E-state index in [0.717, 1.165) is 31.2 Å². The van der Waals surface area contributed by atoms with Crippen molar-refractivity contribution in [1.29, 1.82) is 0 Å². The van der Waals surface area contributed by atoms with Gasteiger partial charge in [-0.1, -0.05) is 12.1 Å². The number of rotatable bonds is 5. The second-order valence-electron chi connectivity index (χ2n) is 5.43. The van der Waals surface area contributed by atoms with E-state index in [1.54, 1.807) is 0 Å². The summed E-state index contributed by atoms with van der Waals surface area (Å²) in [6.45, 7) is 2.94.